The Bertz CT molecular complexity index is 182. The van der Waals surface area contributed by atoms with E-state index in [9.17, 15) is 0 Å². The summed E-state index contributed by atoms with van der Waals surface area (Å²) in [6.07, 6.45) is 18.4. The first-order chi connectivity index (χ1) is 10.3. The molecule has 0 aliphatic rings. The second kappa shape index (κ2) is 18.0. The summed E-state index contributed by atoms with van der Waals surface area (Å²) in [5, 5.41) is 2.35. The van der Waals surface area contributed by atoms with Gasteiger partial charge in [-0.25, -0.2) is 5.01 Å². The van der Waals surface area contributed by atoms with E-state index in [1.54, 1.807) is 0 Å². The lowest BCUT2D eigenvalue weighted by Gasteiger charge is -2.20. The molecule has 2 heteroatoms. The molecule has 0 saturated carbocycles. The van der Waals surface area contributed by atoms with Crippen LogP contribution in [0.3, 0.4) is 0 Å². The number of unbranched alkanes of at least 4 members (excludes halogenated alkanes) is 11. The minimum Gasteiger partial charge on any atom is -0.255 e. The molecule has 0 spiro atoms. The van der Waals surface area contributed by atoms with Crippen molar-refractivity contribution in [2.75, 3.05) is 19.6 Å². The largest absolute Gasteiger partial charge is 0.255 e. The Kier molecular flexibility index (Phi) is 17.9. The Labute approximate surface area is 135 Å². The molecule has 1 N–H and O–H groups in total. The van der Waals surface area contributed by atoms with Crippen LogP contribution in [0.15, 0.2) is 0 Å². The molecule has 0 aromatic carbocycles. The fourth-order valence-electron chi connectivity index (χ4n) is 2.82. The molecule has 0 aromatic heterocycles. The molecule has 0 heterocycles. The van der Waals surface area contributed by atoms with E-state index in [4.69, 9.17) is 0 Å². The Morgan fingerprint density at radius 2 is 1.05 bits per heavy atom. The van der Waals surface area contributed by atoms with E-state index in [1.165, 1.54) is 90.0 Å². The number of nitrogens with one attached hydrogen (secondary N) is 1. The Morgan fingerprint density at radius 1 is 0.571 bits per heavy atom. The Balaban J connectivity index is 3.08. The monoisotopic (exact) mass is 298 g/mol. The molecular weight excluding hydrogens is 256 g/mol. The zero-order valence-corrected chi connectivity index (χ0v) is 15.3. The standard InChI is InChI=1S/C19H42N2/c1-4-7-8-9-10-11-12-13-14-15-16-17-18-20-21(6-3)19-5-2/h20H,4-19H2,1-3H3. The Hall–Kier alpha value is -0.0800. The van der Waals surface area contributed by atoms with E-state index < -0.39 is 0 Å². The number of rotatable bonds is 17. The van der Waals surface area contributed by atoms with Crippen molar-refractivity contribution in [1.82, 2.24) is 10.4 Å². The molecule has 0 rings (SSSR count). The lowest BCUT2D eigenvalue weighted by Crippen LogP contribution is -2.38. The van der Waals surface area contributed by atoms with Crippen molar-refractivity contribution in [1.29, 1.82) is 0 Å². The van der Waals surface area contributed by atoms with Crippen LogP contribution in [-0.2, 0) is 0 Å². The van der Waals surface area contributed by atoms with Gasteiger partial charge in [0.05, 0.1) is 0 Å². The highest BCUT2D eigenvalue weighted by Crippen LogP contribution is 2.11. The predicted octanol–water partition coefficient (Wildman–Crippen LogP) is 5.92. The van der Waals surface area contributed by atoms with Gasteiger partial charge in [0.25, 0.3) is 0 Å². The maximum absolute atomic E-state index is 3.54. The van der Waals surface area contributed by atoms with Crippen LogP contribution >= 0.6 is 0 Å². The van der Waals surface area contributed by atoms with Crippen molar-refractivity contribution < 1.29 is 0 Å². The molecule has 0 unspecified atom stereocenters. The van der Waals surface area contributed by atoms with Gasteiger partial charge < -0.3 is 0 Å². The van der Waals surface area contributed by atoms with Crippen molar-refractivity contribution in [3.63, 3.8) is 0 Å². The number of hydrogen-bond acceptors (Lipinski definition) is 2. The molecule has 128 valence electrons. The normalized spacial score (nSPS) is 11.4. The van der Waals surface area contributed by atoms with Gasteiger partial charge in [0.2, 0.25) is 0 Å². The zero-order chi connectivity index (χ0) is 15.6. The highest BCUT2D eigenvalue weighted by molar-refractivity contribution is 4.51. The molecule has 0 radical (unpaired) electrons. The van der Waals surface area contributed by atoms with E-state index in [0.717, 1.165) is 13.1 Å². The average molecular weight is 299 g/mol. The summed E-state index contributed by atoms with van der Waals surface area (Å²) in [6.45, 7) is 10.2. The highest BCUT2D eigenvalue weighted by Gasteiger charge is 1.98. The summed E-state index contributed by atoms with van der Waals surface area (Å²) in [5.74, 6) is 0. The molecule has 0 aromatic rings. The van der Waals surface area contributed by atoms with Gasteiger partial charge >= 0.3 is 0 Å². The van der Waals surface area contributed by atoms with Crippen LogP contribution in [-0.4, -0.2) is 24.6 Å². The molecule has 0 atom stereocenters. The third-order valence-electron chi connectivity index (χ3n) is 4.24. The van der Waals surface area contributed by atoms with Crippen molar-refractivity contribution in [2.24, 2.45) is 0 Å². The molecule has 2 nitrogen and oxygen atoms in total. The van der Waals surface area contributed by atoms with Gasteiger partial charge in [0.15, 0.2) is 0 Å². The van der Waals surface area contributed by atoms with Gasteiger partial charge in [0.1, 0.15) is 0 Å². The first-order valence-corrected chi connectivity index (χ1v) is 9.83. The number of hydrogen-bond donors (Lipinski definition) is 1. The van der Waals surface area contributed by atoms with Gasteiger partial charge in [-0.1, -0.05) is 91.4 Å². The lowest BCUT2D eigenvalue weighted by atomic mass is 10.1. The topological polar surface area (TPSA) is 15.3 Å². The minimum atomic E-state index is 1.12. The number of nitrogens with zero attached hydrogens (tertiary/aromatic N) is 1. The van der Waals surface area contributed by atoms with Crippen LogP contribution in [0.1, 0.15) is 104 Å². The van der Waals surface area contributed by atoms with Crippen molar-refractivity contribution in [2.45, 2.75) is 104 Å². The van der Waals surface area contributed by atoms with Crippen LogP contribution in [0.2, 0.25) is 0 Å². The molecule has 21 heavy (non-hydrogen) atoms. The van der Waals surface area contributed by atoms with E-state index >= 15 is 0 Å². The molecule has 0 amide bonds. The van der Waals surface area contributed by atoms with Crippen LogP contribution in [0.4, 0.5) is 0 Å². The van der Waals surface area contributed by atoms with Crippen molar-refractivity contribution >= 4 is 0 Å². The first kappa shape index (κ1) is 20.9. The third-order valence-corrected chi connectivity index (χ3v) is 4.24. The molecule has 0 fully saturated rings. The van der Waals surface area contributed by atoms with Gasteiger partial charge in [-0.3, -0.25) is 5.43 Å². The van der Waals surface area contributed by atoms with E-state index in [-0.39, 0.29) is 0 Å². The maximum atomic E-state index is 3.54. The fraction of sp³-hybridized carbons (Fsp3) is 1.00. The van der Waals surface area contributed by atoms with Crippen LogP contribution in [0, 0.1) is 0 Å². The molecule has 0 aliphatic carbocycles. The third kappa shape index (κ3) is 16.1. The molecular formula is C19H42N2. The predicted molar refractivity (Wildman–Crippen MR) is 96.6 cm³/mol. The summed E-state index contributed by atoms with van der Waals surface area (Å²) >= 11 is 0. The van der Waals surface area contributed by atoms with Gasteiger partial charge in [-0.2, -0.15) is 0 Å². The average Bonchev–Trinajstić information content (AvgIpc) is 2.50. The summed E-state index contributed by atoms with van der Waals surface area (Å²) in [4.78, 5) is 0. The molecule has 0 saturated heterocycles. The highest BCUT2D eigenvalue weighted by atomic mass is 15.5. The fourth-order valence-corrected chi connectivity index (χ4v) is 2.82. The summed E-state index contributed by atoms with van der Waals surface area (Å²) < 4.78 is 0. The smallest absolute Gasteiger partial charge is 0.0128 e. The minimum absolute atomic E-state index is 1.12. The second-order valence-corrected chi connectivity index (χ2v) is 6.38. The van der Waals surface area contributed by atoms with Crippen molar-refractivity contribution in [3.8, 4) is 0 Å². The SMILES string of the molecule is CCCCCCCCCCCCCCNN(CC)CCC. The van der Waals surface area contributed by atoms with Crippen LogP contribution in [0.25, 0.3) is 0 Å². The summed E-state index contributed by atoms with van der Waals surface area (Å²) in [6, 6.07) is 0. The molecule has 0 bridgehead atoms. The second-order valence-electron chi connectivity index (χ2n) is 6.38. The van der Waals surface area contributed by atoms with E-state index in [1.807, 2.05) is 0 Å². The summed E-state index contributed by atoms with van der Waals surface area (Å²) in [7, 11) is 0. The first-order valence-electron chi connectivity index (χ1n) is 9.83. The van der Waals surface area contributed by atoms with Crippen molar-refractivity contribution in [3.05, 3.63) is 0 Å². The lowest BCUT2D eigenvalue weighted by molar-refractivity contribution is 0.196. The zero-order valence-electron chi connectivity index (χ0n) is 15.3. The van der Waals surface area contributed by atoms with E-state index in [2.05, 4.69) is 31.2 Å². The quantitative estimate of drug-likeness (QED) is 0.265. The van der Waals surface area contributed by atoms with Gasteiger partial charge in [-0.05, 0) is 12.8 Å². The number of hydrazine groups is 1. The van der Waals surface area contributed by atoms with Crippen LogP contribution < -0.4 is 5.43 Å². The van der Waals surface area contributed by atoms with Gasteiger partial charge in [-0.15, -0.1) is 0 Å². The van der Waals surface area contributed by atoms with Gasteiger partial charge in [0, 0.05) is 19.6 Å². The van der Waals surface area contributed by atoms with E-state index in [0.29, 0.717) is 0 Å². The molecule has 0 aliphatic heterocycles. The maximum Gasteiger partial charge on any atom is 0.0128 e. The van der Waals surface area contributed by atoms with Crippen LogP contribution in [0.5, 0.6) is 0 Å². The summed E-state index contributed by atoms with van der Waals surface area (Å²) in [5.41, 5.74) is 3.54. The Morgan fingerprint density at radius 3 is 1.48 bits per heavy atom.